The number of sulfonamides is 1. The van der Waals surface area contributed by atoms with E-state index in [1.807, 2.05) is 11.8 Å². The molecule has 0 spiro atoms. The molecule has 2 unspecified atom stereocenters. The predicted octanol–water partition coefficient (Wildman–Crippen LogP) is 1.39. The van der Waals surface area contributed by atoms with Gasteiger partial charge in [0, 0.05) is 17.8 Å². The van der Waals surface area contributed by atoms with Gasteiger partial charge >= 0.3 is 0 Å². The number of aromatic amines is 1. The molecule has 1 aliphatic rings. The number of aromatic nitrogens is 2. The van der Waals surface area contributed by atoms with Gasteiger partial charge in [0.15, 0.2) is 0 Å². The first-order chi connectivity index (χ1) is 9.97. The topological polar surface area (TPSA) is 86.9 Å². The Balaban J connectivity index is 2.16. The van der Waals surface area contributed by atoms with Crippen LogP contribution in [0.1, 0.15) is 37.1 Å². The molecule has 8 heteroatoms. The van der Waals surface area contributed by atoms with Crippen LogP contribution in [0.3, 0.4) is 0 Å². The lowest BCUT2D eigenvalue weighted by atomic mass is 9.96. The first-order valence-electron chi connectivity index (χ1n) is 7.21. The van der Waals surface area contributed by atoms with E-state index in [1.54, 1.807) is 14.0 Å². The molecule has 1 aliphatic carbocycles. The van der Waals surface area contributed by atoms with Crippen LogP contribution in [0, 0.1) is 6.92 Å². The third-order valence-corrected chi connectivity index (χ3v) is 6.67. The summed E-state index contributed by atoms with van der Waals surface area (Å²) in [5.74, 6) is 0. The lowest BCUT2D eigenvalue weighted by Gasteiger charge is -2.28. The highest BCUT2D eigenvalue weighted by Crippen LogP contribution is 2.28. The average molecular weight is 332 g/mol. The summed E-state index contributed by atoms with van der Waals surface area (Å²) in [6.45, 7) is 2.17. The number of aryl methyl sites for hydroxylation is 1. The van der Waals surface area contributed by atoms with E-state index in [2.05, 4.69) is 26.5 Å². The molecular weight excluding hydrogens is 308 g/mol. The maximum absolute atomic E-state index is 12.7. The SMILES string of the molecule is CNCc1n[nH]c(C)c1S(=O)(=O)NC1CCCC(SC)C1. The van der Waals surface area contributed by atoms with E-state index in [0.717, 1.165) is 19.3 Å². The molecule has 120 valence electrons. The molecule has 1 saturated carbocycles. The number of hydrogen-bond acceptors (Lipinski definition) is 5. The second kappa shape index (κ2) is 7.13. The minimum absolute atomic E-state index is 0.0259. The fourth-order valence-electron chi connectivity index (χ4n) is 2.86. The van der Waals surface area contributed by atoms with Crippen molar-refractivity contribution in [3.8, 4) is 0 Å². The third-order valence-electron chi connectivity index (χ3n) is 3.86. The molecule has 21 heavy (non-hydrogen) atoms. The Morgan fingerprint density at radius 1 is 1.43 bits per heavy atom. The van der Waals surface area contributed by atoms with Gasteiger partial charge in [-0.3, -0.25) is 5.10 Å². The zero-order valence-electron chi connectivity index (χ0n) is 12.8. The van der Waals surface area contributed by atoms with Gasteiger partial charge in [-0.05, 0) is 39.5 Å². The lowest BCUT2D eigenvalue weighted by Crippen LogP contribution is -2.39. The summed E-state index contributed by atoms with van der Waals surface area (Å²) in [7, 11) is -1.75. The molecule has 6 nitrogen and oxygen atoms in total. The Morgan fingerprint density at radius 3 is 2.86 bits per heavy atom. The third kappa shape index (κ3) is 4.00. The van der Waals surface area contributed by atoms with Crippen LogP contribution in [0.15, 0.2) is 4.90 Å². The molecular formula is C13H24N4O2S2. The van der Waals surface area contributed by atoms with Gasteiger partial charge in [-0.2, -0.15) is 16.9 Å². The van der Waals surface area contributed by atoms with Crippen LogP contribution in [0.2, 0.25) is 0 Å². The van der Waals surface area contributed by atoms with E-state index >= 15 is 0 Å². The zero-order valence-corrected chi connectivity index (χ0v) is 14.4. The van der Waals surface area contributed by atoms with Gasteiger partial charge in [0.2, 0.25) is 10.0 Å². The fourth-order valence-corrected chi connectivity index (χ4v) is 5.33. The molecule has 1 aromatic rings. The standard InChI is InChI=1S/C13H24N4O2S2/c1-9-13(12(8-14-2)16-15-9)21(18,19)17-10-5-4-6-11(7-10)20-3/h10-11,14,17H,4-8H2,1-3H3,(H,15,16). The maximum atomic E-state index is 12.7. The second-order valence-corrected chi connectivity index (χ2v) is 8.29. The summed E-state index contributed by atoms with van der Waals surface area (Å²) in [6.07, 6.45) is 6.15. The van der Waals surface area contributed by atoms with Crippen molar-refractivity contribution in [2.75, 3.05) is 13.3 Å². The summed E-state index contributed by atoms with van der Waals surface area (Å²) < 4.78 is 28.2. The van der Waals surface area contributed by atoms with Crippen LogP contribution >= 0.6 is 11.8 Å². The minimum atomic E-state index is -3.52. The van der Waals surface area contributed by atoms with E-state index < -0.39 is 10.0 Å². The summed E-state index contributed by atoms with van der Waals surface area (Å²) in [6, 6.07) is 0.0259. The lowest BCUT2D eigenvalue weighted by molar-refractivity contribution is 0.420. The number of nitrogens with zero attached hydrogens (tertiary/aromatic N) is 1. The Kier molecular flexibility index (Phi) is 5.70. The molecule has 0 bridgehead atoms. The van der Waals surface area contributed by atoms with E-state index in [1.165, 1.54) is 6.42 Å². The highest BCUT2D eigenvalue weighted by molar-refractivity contribution is 7.99. The molecule has 0 aliphatic heterocycles. The van der Waals surface area contributed by atoms with Crippen molar-refractivity contribution in [3.63, 3.8) is 0 Å². The summed E-state index contributed by atoms with van der Waals surface area (Å²) in [4.78, 5) is 0.295. The van der Waals surface area contributed by atoms with E-state index in [4.69, 9.17) is 0 Å². The summed E-state index contributed by atoms with van der Waals surface area (Å²) in [5.41, 5.74) is 1.13. The Hall–Kier alpha value is -0.570. The van der Waals surface area contributed by atoms with Crippen LogP contribution in [-0.2, 0) is 16.6 Å². The Bertz CT molecular complexity index is 571. The van der Waals surface area contributed by atoms with Gasteiger partial charge in [0.25, 0.3) is 0 Å². The molecule has 0 amide bonds. The number of thioether (sulfide) groups is 1. The first kappa shape index (κ1) is 16.8. The molecule has 3 N–H and O–H groups in total. The van der Waals surface area contributed by atoms with Crippen molar-refractivity contribution < 1.29 is 8.42 Å². The molecule has 1 heterocycles. The van der Waals surface area contributed by atoms with E-state index in [9.17, 15) is 8.42 Å². The maximum Gasteiger partial charge on any atom is 0.244 e. The van der Waals surface area contributed by atoms with Crippen molar-refractivity contribution in [2.45, 2.75) is 55.3 Å². The van der Waals surface area contributed by atoms with Crippen LogP contribution in [0.4, 0.5) is 0 Å². The van der Waals surface area contributed by atoms with Gasteiger partial charge in [-0.15, -0.1) is 0 Å². The summed E-state index contributed by atoms with van der Waals surface area (Å²) in [5, 5.41) is 10.4. The molecule has 1 aromatic heterocycles. The quantitative estimate of drug-likeness (QED) is 0.733. The van der Waals surface area contributed by atoms with Gasteiger partial charge < -0.3 is 5.32 Å². The average Bonchev–Trinajstić information content (AvgIpc) is 2.81. The molecule has 2 rings (SSSR count). The number of hydrogen-bond donors (Lipinski definition) is 3. The highest BCUT2D eigenvalue weighted by atomic mass is 32.2. The van der Waals surface area contributed by atoms with E-state index in [0.29, 0.717) is 28.1 Å². The first-order valence-corrected chi connectivity index (χ1v) is 9.98. The number of nitrogens with one attached hydrogen (secondary N) is 3. The van der Waals surface area contributed by atoms with Crippen LogP contribution in [-0.4, -0.2) is 43.2 Å². The van der Waals surface area contributed by atoms with Crippen LogP contribution in [0.5, 0.6) is 0 Å². The summed E-state index contributed by atoms with van der Waals surface area (Å²) >= 11 is 1.82. The number of rotatable bonds is 6. The van der Waals surface area contributed by atoms with Crippen LogP contribution < -0.4 is 10.0 Å². The normalized spacial score (nSPS) is 23.4. The van der Waals surface area contributed by atoms with Crippen molar-refractivity contribution in [1.82, 2.24) is 20.2 Å². The molecule has 1 fully saturated rings. The van der Waals surface area contributed by atoms with Crippen molar-refractivity contribution in [3.05, 3.63) is 11.4 Å². The van der Waals surface area contributed by atoms with Crippen molar-refractivity contribution in [2.24, 2.45) is 0 Å². The zero-order chi connectivity index (χ0) is 15.5. The predicted molar refractivity (Wildman–Crippen MR) is 86.0 cm³/mol. The van der Waals surface area contributed by atoms with Gasteiger partial charge in [-0.1, -0.05) is 6.42 Å². The van der Waals surface area contributed by atoms with Gasteiger partial charge in [0.1, 0.15) is 4.90 Å². The molecule has 0 aromatic carbocycles. The highest BCUT2D eigenvalue weighted by Gasteiger charge is 2.29. The molecule has 0 radical (unpaired) electrons. The largest absolute Gasteiger partial charge is 0.314 e. The van der Waals surface area contributed by atoms with Crippen molar-refractivity contribution >= 4 is 21.8 Å². The minimum Gasteiger partial charge on any atom is -0.314 e. The smallest absolute Gasteiger partial charge is 0.244 e. The van der Waals surface area contributed by atoms with Gasteiger partial charge in [0.05, 0.1) is 11.4 Å². The number of H-pyrrole nitrogens is 1. The van der Waals surface area contributed by atoms with Crippen LogP contribution in [0.25, 0.3) is 0 Å². The second-order valence-electron chi connectivity index (χ2n) is 5.50. The Morgan fingerprint density at radius 2 is 2.19 bits per heavy atom. The van der Waals surface area contributed by atoms with Crippen molar-refractivity contribution in [1.29, 1.82) is 0 Å². The van der Waals surface area contributed by atoms with E-state index in [-0.39, 0.29) is 6.04 Å². The van der Waals surface area contributed by atoms with Gasteiger partial charge in [-0.25, -0.2) is 13.1 Å². The monoisotopic (exact) mass is 332 g/mol. The fraction of sp³-hybridized carbons (Fsp3) is 0.769. The Labute approximate surface area is 130 Å². The molecule has 0 saturated heterocycles. The molecule has 2 atom stereocenters.